The van der Waals surface area contributed by atoms with Crippen molar-refractivity contribution < 1.29 is 13.2 Å². The van der Waals surface area contributed by atoms with Gasteiger partial charge in [0.05, 0.1) is 6.42 Å². The first-order chi connectivity index (χ1) is 7.36. The summed E-state index contributed by atoms with van der Waals surface area (Å²) in [5.74, 6) is 0. The fraction of sp³-hybridized carbons (Fsp3) is 1.00. The highest BCUT2D eigenvalue weighted by atomic mass is 19.4. The molecule has 0 aromatic rings. The summed E-state index contributed by atoms with van der Waals surface area (Å²) in [6.45, 7) is 0.690. The normalized spacial score (nSPS) is 20.6. The second-order valence-corrected chi connectivity index (χ2v) is 4.87. The van der Waals surface area contributed by atoms with E-state index >= 15 is 0 Å². The lowest BCUT2D eigenvalue weighted by Gasteiger charge is -2.36. The summed E-state index contributed by atoms with van der Waals surface area (Å²) in [4.78, 5) is 2.15. The van der Waals surface area contributed by atoms with E-state index in [0.717, 1.165) is 12.8 Å². The van der Waals surface area contributed by atoms with Crippen LogP contribution in [-0.4, -0.2) is 43.8 Å². The Hall–Kier alpha value is -0.290. The lowest BCUT2D eigenvalue weighted by molar-refractivity contribution is -0.133. The molecule has 16 heavy (non-hydrogen) atoms. The van der Waals surface area contributed by atoms with E-state index in [4.69, 9.17) is 0 Å². The first kappa shape index (κ1) is 13.8. The second kappa shape index (κ2) is 5.36. The van der Waals surface area contributed by atoms with E-state index in [1.807, 2.05) is 14.1 Å². The van der Waals surface area contributed by atoms with Crippen LogP contribution in [0.5, 0.6) is 0 Å². The molecular weight excluding hydrogens is 217 g/mol. The van der Waals surface area contributed by atoms with Gasteiger partial charge in [0.25, 0.3) is 0 Å². The third-order valence-electron chi connectivity index (χ3n) is 3.52. The summed E-state index contributed by atoms with van der Waals surface area (Å²) in [5, 5.41) is 2.94. The minimum absolute atomic E-state index is 0.0269. The molecule has 1 aliphatic rings. The molecule has 1 saturated carbocycles. The molecule has 0 atom stereocenters. The summed E-state index contributed by atoms with van der Waals surface area (Å²) in [7, 11) is 4.02. The Bertz CT molecular complexity index is 208. The summed E-state index contributed by atoms with van der Waals surface area (Å²) in [6, 6.07) is 0. The molecule has 1 N–H and O–H groups in total. The van der Waals surface area contributed by atoms with Crippen LogP contribution in [0.4, 0.5) is 13.2 Å². The van der Waals surface area contributed by atoms with Crippen molar-refractivity contribution in [2.75, 3.05) is 27.2 Å². The minimum atomic E-state index is -4.05. The van der Waals surface area contributed by atoms with Crippen LogP contribution in [0.15, 0.2) is 0 Å². The van der Waals surface area contributed by atoms with Gasteiger partial charge < -0.3 is 10.2 Å². The third-order valence-corrected chi connectivity index (χ3v) is 3.52. The first-order valence-corrected chi connectivity index (χ1v) is 5.81. The zero-order valence-electron chi connectivity index (χ0n) is 10.0. The van der Waals surface area contributed by atoms with Gasteiger partial charge in [-0.2, -0.15) is 13.2 Å². The number of hydrogen-bond donors (Lipinski definition) is 1. The lowest BCUT2D eigenvalue weighted by atomic mass is 9.96. The van der Waals surface area contributed by atoms with E-state index in [2.05, 4.69) is 10.2 Å². The highest BCUT2D eigenvalue weighted by Crippen LogP contribution is 2.33. The maximum absolute atomic E-state index is 12.0. The van der Waals surface area contributed by atoms with Gasteiger partial charge in [-0.05, 0) is 26.9 Å². The van der Waals surface area contributed by atoms with Crippen molar-refractivity contribution in [2.24, 2.45) is 0 Å². The number of likely N-dealkylation sites (N-methyl/N-ethyl adjacent to an activating group) is 1. The van der Waals surface area contributed by atoms with E-state index in [9.17, 15) is 13.2 Å². The van der Waals surface area contributed by atoms with Crippen LogP contribution in [0, 0.1) is 0 Å². The highest BCUT2D eigenvalue weighted by Gasteiger charge is 2.35. The molecule has 96 valence electrons. The Morgan fingerprint density at radius 2 is 1.75 bits per heavy atom. The topological polar surface area (TPSA) is 15.3 Å². The summed E-state index contributed by atoms with van der Waals surface area (Å²) >= 11 is 0. The predicted molar refractivity (Wildman–Crippen MR) is 58.4 cm³/mol. The molecule has 0 saturated heterocycles. The number of nitrogens with one attached hydrogen (secondary N) is 1. The lowest BCUT2D eigenvalue weighted by Crippen LogP contribution is -2.50. The fourth-order valence-electron chi connectivity index (χ4n) is 2.37. The molecule has 2 nitrogen and oxygen atoms in total. The summed E-state index contributed by atoms with van der Waals surface area (Å²) in [5.41, 5.74) is 0.0750. The molecular formula is C11H21F3N2. The zero-order chi connectivity index (χ0) is 12.2. The van der Waals surface area contributed by atoms with Crippen molar-refractivity contribution in [3.8, 4) is 0 Å². The molecule has 0 spiro atoms. The van der Waals surface area contributed by atoms with Gasteiger partial charge >= 0.3 is 6.18 Å². The average Bonchev–Trinajstić information content (AvgIpc) is 2.60. The van der Waals surface area contributed by atoms with E-state index in [1.165, 1.54) is 12.8 Å². The Kier molecular flexibility index (Phi) is 4.62. The Labute approximate surface area is 95.2 Å². The number of alkyl halides is 3. The van der Waals surface area contributed by atoms with Crippen LogP contribution in [0.25, 0.3) is 0 Å². The van der Waals surface area contributed by atoms with Crippen LogP contribution in [-0.2, 0) is 0 Å². The number of halogens is 3. The molecule has 1 fully saturated rings. The fourth-order valence-corrected chi connectivity index (χ4v) is 2.37. The van der Waals surface area contributed by atoms with Crippen molar-refractivity contribution in [1.82, 2.24) is 10.2 Å². The summed E-state index contributed by atoms with van der Waals surface area (Å²) in [6.07, 6.45) is -0.263. The predicted octanol–water partition coefficient (Wildman–Crippen LogP) is 2.40. The largest absolute Gasteiger partial charge is 0.390 e. The van der Waals surface area contributed by atoms with Crippen LogP contribution in [0.2, 0.25) is 0 Å². The average molecular weight is 238 g/mol. The maximum Gasteiger partial charge on any atom is 0.390 e. The van der Waals surface area contributed by atoms with Crippen LogP contribution in [0.1, 0.15) is 32.1 Å². The van der Waals surface area contributed by atoms with Crippen LogP contribution < -0.4 is 5.32 Å². The van der Waals surface area contributed by atoms with E-state index in [0.29, 0.717) is 6.54 Å². The standard InChI is InChI=1S/C11H21F3N2/c1-16(2)10(5-3-4-6-10)9-15-8-7-11(12,13)14/h15H,3-9H2,1-2H3. The van der Waals surface area contributed by atoms with E-state index in [-0.39, 0.29) is 12.1 Å². The molecule has 0 amide bonds. The van der Waals surface area contributed by atoms with Crippen molar-refractivity contribution in [3.63, 3.8) is 0 Å². The number of rotatable bonds is 5. The van der Waals surface area contributed by atoms with Gasteiger partial charge in [0, 0.05) is 18.6 Å². The second-order valence-electron chi connectivity index (χ2n) is 4.87. The van der Waals surface area contributed by atoms with Gasteiger partial charge in [-0.3, -0.25) is 0 Å². The minimum Gasteiger partial charge on any atom is -0.315 e. The summed E-state index contributed by atoms with van der Waals surface area (Å²) < 4.78 is 35.9. The van der Waals surface area contributed by atoms with Crippen molar-refractivity contribution >= 4 is 0 Å². The van der Waals surface area contributed by atoms with Crippen molar-refractivity contribution in [1.29, 1.82) is 0 Å². The van der Waals surface area contributed by atoms with Crippen LogP contribution in [0.3, 0.4) is 0 Å². The molecule has 5 heteroatoms. The number of hydrogen-bond acceptors (Lipinski definition) is 2. The molecule has 1 rings (SSSR count). The Morgan fingerprint density at radius 1 is 1.19 bits per heavy atom. The quantitative estimate of drug-likeness (QED) is 0.740. The monoisotopic (exact) mass is 238 g/mol. The van der Waals surface area contributed by atoms with E-state index < -0.39 is 12.6 Å². The maximum atomic E-state index is 12.0. The third kappa shape index (κ3) is 3.94. The highest BCUT2D eigenvalue weighted by molar-refractivity contribution is 4.94. The number of nitrogens with zero attached hydrogens (tertiary/aromatic N) is 1. The molecule has 0 aromatic heterocycles. The zero-order valence-corrected chi connectivity index (χ0v) is 10.0. The molecule has 0 unspecified atom stereocenters. The molecule has 0 heterocycles. The molecule has 0 bridgehead atoms. The first-order valence-electron chi connectivity index (χ1n) is 5.81. The van der Waals surface area contributed by atoms with Gasteiger partial charge in [-0.1, -0.05) is 12.8 Å². The van der Waals surface area contributed by atoms with Crippen molar-refractivity contribution in [2.45, 2.75) is 43.8 Å². The van der Waals surface area contributed by atoms with Crippen molar-refractivity contribution in [3.05, 3.63) is 0 Å². The van der Waals surface area contributed by atoms with Gasteiger partial charge in [0.15, 0.2) is 0 Å². The molecule has 0 radical (unpaired) electrons. The van der Waals surface area contributed by atoms with E-state index in [1.54, 1.807) is 0 Å². The van der Waals surface area contributed by atoms with Gasteiger partial charge in [-0.25, -0.2) is 0 Å². The SMILES string of the molecule is CN(C)C1(CNCCC(F)(F)F)CCCC1. The molecule has 0 aliphatic heterocycles. The smallest absolute Gasteiger partial charge is 0.315 e. The van der Waals surface area contributed by atoms with Gasteiger partial charge in [0.2, 0.25) is 0 Å². The Balaban J connectivity index is 2.29. The Morgan fingerprint density at radius 3 is 2.19 bits per heavy atom. The molecule has 1 aliphatic carbocycles. The van der Waals surface area contributed by atoms with Gasteiger partial charge in [-0.15, -0.1) is 0 Å². The molecule has 0 aromatic carbocycles. The van der Waals surface area contributed by atoms with Crippen LogP contribution >= 0.6 is 0 Å². The van der Waals surface area contributed by atoms with Gasteiger partial charge in [0.1, 0.15) is 0 Å².